The maximum atomic E-state index is 12.6. The van der Waals surface area contributed by atoms with E-state index >= 15 is 0 Å². The number of amides is 1. The van der Waals surface area contributed by atoms with Gasteiger partial charge in [0.05, 0.1) is 15.8 Å². The highest BCUT2D eigenvalue weighted by Gasteiger charge is 2.29. The molecule has 0 saturated carbocycles. The Morgan fingerprint density at radius 1 is 1.03 bits per heavy atom. The lowest BCUT2D eigenvalue weighted by Gasteiger charge is -2.06. The van der Waals surface area contributed by atoms with Gasteiger partial charge in [-0.2, -0.15) is 13.2 Å². The fourth-order valence-electron chi connectivity index (χ4n) is 2.37. The molecule has 0 aliphatic rings. The topological polar surface area (TPSA) is 67.8 Å². The molecule has 148 valence electrons. The molecule has 11 heteroatoms. The number of carbonyl (C=O) groups excluding carboxylic acids is 1. The molecule has 0 atom stereocenters. The number of hydrogen-bond donors (Lipinski definition) is 1. The second kappa shape index (κ2) is 8.09. The lowest BCUT2D eigenvalue weighted by molar-refractivity contribution is -0.137. The van der Waals surface area contributed by atoms with E-state index in [9.17, 15) is 18.0 Å². The number of benzene rings is 2. The van der Waals surface area contributed by atoms with Gasteiger partial charge in [0, 0.05) is 5.75 Å². The minimum Gasteiger partial charge on any atom is -0.294 e. The number of nitrogens with one attached hydrogen (secondary N) is 1. The van der Waals surface area contributed by atoms with Crippen molar-refractivity contribution in [2.24, 2.45) is 0 Å². The molecular formula is C18H11F3N4OS3. The first-order chi connectivity index (χ1) is 13.9. The predicted octanol–water partition coefficient (Wildman–Crippen LogP) is 5.71. The molecular weight excluding hydrogens is 441 g/mol. The molecule has 1 amide bonds. The number of thiazole rings is 1. The van der Waals surface area contributed by atoms with Gasteiger partial charge in [0.15, 0.2) is 9.35 Å². The zero-order chi connectivity index (χ0) is 20.4. The molecule has 29 heavy (non-hydrogen) atoms. The monoisotopic (exact) mass is 452 g/mol. The van der Waals surface area contributed by atoms with Gasteiger partial charge in [-0.1, -0.05) is 47.4 Å². The maximum absolute atomic E-state index is 12.6. The standard InChI is InChI=1S/C18H11F3N4OS3/c19-18(20,21)11-7-5-10(6-8-11)9-27-17-25-24-16(29-17)23-14(26)15-22-12-3-1-2-4-13(12)28-15/h1-8H,9H2,(H,23,24,26). The van der Waals surface area contributed by atoms with Gasteiger partial charge in [-0.3, -0.25) is 10.1 Å². The summed E-state index contributed by atoms with van der Waals surface area (Å²) in [6.07, 6.45) is -4.35. The van der Waals surface area contributed by atoms with Crippen LogP contribution < -0.4 is 5.32 Å². The second-order valence-corrected chi connectivity index (χ2v) is 9.03. The van der Waals surface area contributed by atoms with Crippen LogP contribution in [0.5, 0.6) is 0 Å². The van der Waals surface area contributed by atoms with Crippen LogP contribution in [0.3, 0.4) is 0 Å². The van der Waals surface area contributed by atoms with Gasteiger partial charge in [0.2, 0.25) is 5.13 Å². The number of para-hydroxylation sites is 1. The fourth-order valence-corrected chi connectivity index (χ4v) is 4.94. The number of fused-ring (bicyclic) bond motifs is 1. The van der Waals surface area contributed by atoms with Crippen molar-refractivity contribution in [2.75, 3.05) is 5.32 Å². The molecule has 2 aromatic heterocycles. The molecule has 0 bridgehead atoms. The van der Waals surface area contributed by atoms with Gasteiger partial charge in [-0.05, 0) is 29.8 Å². The Bertz CT molecular complexity index is 1120. The van der Waals surface area contributed by atoms with Crippen LogP contribution in [0.1, 0.15) is 20.9 Å². The highest BCUT2D eigenvalue weighted by Crippen LogP contribution is 2.32. The van der Waals surface area contributed by atoms with Gasteiger partial charge in [0.25, 0.3) is 5.91 Å². The van der Waals surface area contributed by atoms with Crippen LogP contribution in [-0.2, 0) is 11.9 Å². The van der Waals surface area contributed by atoms with Crippen LogP contribution in [0.15, 0.2) is 52.9 Å². The van der Waals surface area contributed by atoms with Crippen LogP contribution >= 0.6 is 34.4 Å². The van der Waals surface area contributed by atoms with Crippen molar-refractivity contribution in [3.05, 3.63) is 64.7 Å². The van der Waals surface area contributed by atoms with Gasteiger partial charge in [0.1, 0.15) is 0 Å². The lowest BCUT2D eigenvalue weighted by Crippen LogP contribution is -2.11. The molecule has 0 saturated heterocycles. The SMILES string of the molecule is O=C(Nc1nnc(SCc2ccc(C(F)(F)F)cc2)s1)c1nc2ccccc2s1. The summed E-state index contributed by atoms with van der Waals surface area (Å²) in [7, 11) is 0. The predicted molar refractivity (Wildman–Crippen MR) is 108 cm³/mol. The minimum absolute atomic E-state index is 0.334. The third kappa shape index (κ3) is 4.74. The van der Waals surface area contributed by atoms with Crippen molar-refractivity contribution in [1.29, 1.82) is 0 Å². The number of hydrogen-bond acceptors (Lipinski definition) is 7. The summed E-state index contributed by atoms with van der Waals surface area (Å²) < 4.78 is 39.3. The molecule has 0 fully saturated rings. The summed E-state index contributed by atoms with van der Waals surface area (Å²) >= 11 is 3.82. The summed E-state index contributed by atoms with van der Waals surface area (Å²) in [5.74, 6) is 0.0834. The molecule has 2 aromatic carbocycles. The van der Waals surface area contributed by atoms with Crippen molar-refractivity contribution in [1.82, 2.24) is 15.2 Å². The van der Waals surface area contributed by atoms with Gasteiger partial charge < -0.3 is 0 Å². The Hall–Kier alpha value is -2.50. The average Bonchev–Trinajstić information content (AvgIpc) is 3.32. The lowest BCUT2D eigenvalue weighted by atomic mass is 10.1. The molecule has 0 aliphatic heterocycles. The van der Waals surface area contributed by atoms with Crippen molar-refractivity contribution < 1.29 is 18.0 Å². The van der Waals surface area contributed by atoms with E-state index in [4.69, 9.17) is 0 Å². The van der Waals surface area contributed by atoms with Crippen LogP contribution in [0.25, 0.3) is 10.2 Å². The summed E-state index contributed by atoms with van der Waals surface area (Å²) in [5, 5.41) is 11.3. The number of thioether (sulfide) groups is 1. The molecule has 4 rings (SSSR count). The van der Waals surface area contributed by atoms with Crippen LogP contribution in [0.4, 0.5) is 18.3 Å². The Morgan fingerprint density at radius 2 is 1.79 bits per heavy atom. The Kier molecular flexibility index (Phi) is 5.52. The molecule has 0 spiro atoms. The number of rotatable bonds is 5. The van der Waals surface area contributed by atoms with E-state index in [1.165, 1.54) is 46.6 Å². The number of halogens is 3. The average molecular weight is 453 g/mol. The number of nitrogens with zero attached hydrogens (tertiary/aromatic N) is 3. The van der Waals surface area contributed by atoms with E-state index in [0.717, 1.165) is 27.9 Å². The largest absolute Gasteiger partial charge is 0.416 e. The molecule has 1 N–H and O–H groups in total. The minimum atomic E-state index is -4.35. The van der Waals surface area contributed by atoms with Crippen molar-refractivity contribution >= 4 is 55.7 Å². The van der Waals surface area contributed by atoms with E-state index < -0.39 is 11.7 Å². The molecule has 5 nitrogen and oxygen atoms in total. The highest BCUT2D eigenvalue weighted by atomic mass is 32.2. The smallest absolute Gasteiger partial charge is 0.294 e. The normalized spacial score (nSPS) is 11.7. The molecule has 4 aromatic rings. The molecule has 0 aliphatic carbocycles. The quantitative estimate of drug-likeness (QED) is 0.310. The van der Waals surface area contributed by atoms with E-state index in [1.54, 1.807) is 0 Å². The first kappa shape index (κ1) is 19.8. The highest BCUT2D eigenvalue weighted by molar-refractivity contribution is 8.00. The van der Waals surface area contributed by atoms with Crippen LogP contribution in [-0.4, -0.2) is 21.1 Å². The third-order valence-electron chi connectivity index (χ3n) is 3.76. The number of alkyl halides is 3. The van der Waals surface area contributed by atoms with Crippen molar-refractivity contribution in [2.45, 2.75) is 16.3 Å². The van der Waals surface area contributed by atoms with Gasteiger partial charge >= 0.3 is 6.18 Å². The first-order valence-corrected chi connectivity index (χ1v) is 10.8. The van der Waals surface area contributed by atoms with Crippen molar-refractivity contribution in [3.63, 3.8) is 0 Å². The molecule has 0 unspecified atom stereocenters. The van der Waals surface area contributed by atoms with E-state index in [2.05, 4.69) is 20.5 Å². The van der Waals surface area contributed by atoms with Gasteiger partial charge in [-0.25, -0.2) is 4.98 Å². The van der Waals surface area contributed by atoms with E-state index in [1.807, 2.05) is 24.3 Å². The van der Waals surface area contributed by atoms with Crippen LogP contribution in [0.2, 0.25) is 0 Å². The number of anilines is 1. The zero-order valence-corrected chi connectivity index (χ0v) is 16.9. The number of carbonyl (C=O) groups is 1. The van der Waals surface area contributed by atoms with Crippen LogP contribution in [0, 0.1) is 0 Å². The fraction of sp³-hybridized carbons (Fsp3) is 0.111. The zero-order valence-electron chi connectivity index (χ0n) is 14.4. The summed E-state index contributed by atoms with van der Waals surface area (Å²) in [6, 6.07) is 12.5. The summed E-state index contributed by atoms with van der Waals surface area (Å²) in [4.78, 5) is 16.7. The maximum Gasteiger partial charge on any atom is 0.416 e. The molecule has 0 radical (unpaired) electrons. The Labute approximate surface area is 175 Å². The Balaban J connectivity index is 1.36. The summed E-state index contributed by atoms with van der Waals surface area (Å²) in [5.41, 5.74) is 0.813. The second-order valence-electron chi connectivity index (χ2n) is 5.80. The third-order valence-corrected chi connectivity index (χ3v) is 6.84. The van der Waals surface area contributed by atoms with Crippen molar-refractivity contribution in [3.8, 4) is 0 Å². The van der Waals surface area contributed by atoms with Gasteiger partial charge in [-0.15, -0.1) is 21.5 Å². The summed E-state index contributed by atoms with van der Waals surface area (Å²) in [6.45, 7) is 0. The number of aromatic nitrogens is 3. The Morgan fingerprint density at radius 3 is 2.52 bits per heavy atom. The molecule has 2 heterocycles. The first-order valence-electron chi connectivity index (χ1n) is 8.18. The van der Waals surface area contributed by atoms with E-state index in [-0.39, 0.29) is 5.91 Å². The van der Waals surface area contributed by atoms with E-state index in [0.29, 0.717) is 20.2 Å².